The second kappa shape index (κ2) is 7.39. The lowest BCUT2D eigenvalue weighted by molar-refractivity contribution is -0.132. The minimum Gasteiger partial charge on any atom is -0.368 e. The van der Waals surface area contributed by atoms with Gasteiger partial charge in [-0.05, 0) is 50.9 Å². The van der Waals surface area contributed by atoms with E-state index in [1.807, 2.05) is 24.3 Å². The molecule has 0 unspecified atom stereocenters. The summed E-state index contributed by atoms with van der Waals surface area (Å²) in [5.74, 6) is 0.0409. The number of anilines is 1. The van der Waals surface area contributed by atoms with Crippen LogP contribution in [0.15, 0.2) is 30.3 Å². The number of aromatic nitrogens is 1. The van der Waals surface area contributed by atoms with Gasteiger partial charge in [-0.1, -0.05) is 24.6 Å². The summed E-state index contributed by atoms with van der Waals surface area (Å²) in [5.41, 5.74) is 12.1. The molecule has 2 saturated heterocycles. The van der Waals surface area contributed by atoms with Gasteiger partial charge in [-0.25, -0.2) is 4.98 Å². The summed E-state index contributed by atoms with van der Waals surface area (Å²) in [6.45, 7) is 3.21. The summed E-state index contributed by atoms with van der Waals surface area (Å²) < 4.78 is 0. The molecule has 7 heteroatoms. The first kappa shape index (κ1) is 18.7. The number of para-hydroxylation sites is 1. The molecule has 2 aromatic rings. The van der Waals surface area contributed by atoms with Gasteiger partial charge in [-0.2, -0.15) is 0 Å². The minimum absolute atomic E-state index is 0.224. The summed E-state index contributed by atoms with van der Waals surface area (Å²) in [6.07, 6.45) is 4.79. The van der Waals surface area contributed by atoms with E-state index in [0.717, 1.165) is 42.7 Å². The summed E-state index contributed by atoms with van der Waals surface area (Å²) in [7, 11) is 0. The number of nitrogens with zero attached hydrogens (tertiary/aromatic N) is 3. The quantitative estimate of drug-likeness (QED) is 0.838. The van der Waals surface area contributed by atoms with Crippen LogP contribution >= 0.6 is 0 Å². The molecule has 2 fully saturated rings. The Morgan fingerprint density at radius 2 is 1.64 bits per heavy atom. The predicted octanol–water partition coefficient (Wildman–Crippen LogP) is 1.64. The van der Waals surface area contributed by atoms with E-state index in [1.165, 1.54) is 6.42 Å². The van der Waals surface area contributed by atoms with Crippen molar-refractivity contribution in [1.29, 1.82) is 0 Å². The molecule has 0 atom stereocenters. The van der Waals surface area contributed by atoms with Crippen LogP contribution in [0.5, 0.6) is 0 Å². The van der Waals surface area contributed by atoms with E-state index in [0.29, 0.717) is 31.5 Å². The van der Waals surface area contributed by atoms with Crippen LogP contribution in [0.25, 0.3) is 10.9 Å². The molecule has 0 bridgehead atoms. The van der Waals surface area contributed by atoms with Crippen LogP contribution in [0.1, 0.15) is 42.5 Å². The largest absolute Gasteiger partial charge is 0.368 e. The fourth-order valence-electron chi connectivity index (χ4n) is 4.67. The maximum atomic E-state index is 12.4. The third kappa shape index (κ3) is 3.20. The number of likely N-dealkylation sites (tertiary alicyclic amines) is 1. The third-order valence-corrected chi connectivity index (χ3v) is 6.30. The first-order valence-corrected chi connectivity index (χ1v) is 10.0. The first-order chi connectivity index (χ1) is 13.5. The molecule has 28 heavy (non-hydrogen) atoms. The molecular formula is C21H27N5O2. The van der Waals surface area contributed by atoms with E-state index in [-0.39, 0.29) is 5.91 Å². The Labute approximate surface area is 164 Å². The Morgan fingerprint density at radius 1 is 0.964 bits per heavy atom. The number of pyridine rings is 1. The second-order valence-corrected chi connectivity index (χ2v) is 7.84. The van der Waals surface area contributed by atoms with Crippen molar-refractivity contribution in [2.75, 3.05) is 31.1 Å². The Bertz CT molecular complexity index is 899. The molecule has 1 aromatic heterocycles. The van der Waals surface area contributed by atoms with Gasteiger partial charge in [0, 0.05) is 18.5 Å². The highest BCUT2D eigenvalue weighted by Crippen LogP contribution is 2.34. The molecule has 2 aliphatic heterocycles. The number of amides is 2. The number of fused-ring (bicyclic) bond motifs is 1. The average Bonchev–Trinajstić information content (AvgIpc) is 2.73. The SMILES string of the molecule is NC(=O)c1cc(N2CCC(C(N)=O)(N3CCCCC3)CC2)nc2ccccc12. The van der Waals surface area contributed by atoms with E-state index in [1.54, 1.807) is 6.07 Å². The Balaban J connectivity index is 1.61. The summed E-state index contributed by atoms with van der Waals surface area (Å²) in [4.78, 5) is 33.5. The molecule has 0 radical (unpaired) electrons. The van der Waals surface area contributed by atoms with Crippen LogP contribution in [0.4, 0.5) is 5.82 Å². The van der Waals surface area contributed by atoms with Gasteiger partial charge < -0.3 is 16.4 Å². The average molecular weight is 381 g/mol. The van der Waals surface area contributed by atoms with Crippen LogP contribution < -0.4 is 16.4 Å². The molecule has 3 heterocycles. The summed E-state index contributed by atoms with van der Waals surface area (Å²) in [6, 6.07) is 9.28. The maximum Gasteiger partial charge on any atom is 0.249 e. The molecule has 2 aliphatic rings. The number of nitrogens with two attached hydrogens (primary N) is 2. The van der Waals surface area contributed by atoms with Crippen LogP contribution in [-0.4, -0.2) is 53.4 Å². The van der Waals surface area contributed by atoms with Crippen LogP contribution in [0.3, 0.4) is 0 Å². The molecule has 4 N–H and O–H groups in total. The van der Waals surface area contributed by atoms with Crippen LogP contribution in [0.2, 0.25) is 0 Å². The van der Waals surface area contributed by atoms with Crippen molar-refractivity contribution in [3.05, 3.63) is 35.9 Å². The second-order valence-electron chi connectivity index (χ2n) is 7.84. The van der Waals surface area contributed by atoms with Gasteiger partial charge in [0.15, 0.2) is 0 Å². The van der Waals surface area contributed by atoms with Gasteiger partial charge in [0.2, 0.25) is 11.8 Å². The van der Waals surface area contributed by atoms with Crippen molar-refractivity contribution in [3.63, 3.8) is 0 Å². The highest BCUT2D eigenvalue weighted by molar-refractivity contribution is 6.06. The zero-order valence-corrected chi connectivity index (χ0v) is 16.1. The van der Waals surface area contributed by atoms with Crippen molar-refractivity contribution in [2.45, 2.75) is 37.6 Å². The number of rotatable bonds is 4. The van der Waals surface area contributed by atoms with Crippen molar-refractivity contribution in [2.24, 2.45) is 11.5 Å². The molecule has 4 rings (SSSR count). The number of piperidine rings is 2. The molecule has 0 aliphatic carbocycles. The van der Waals surface area contributed by atoms with E-state index in [9.17, 15) is 9.59 Å². The number of primary amides is 2. The summed E-state index contributed by atoms with van der Waals surface area (Å²) in [5, 5.41) is 0.760. The highest BCUT2D eigenvalue weighted by atomic mass is 16.2. The lowest BCUT2D eigenvalue weighted by atomic mass is 9.83. The van der Waals surface area contributed by atoms with Gasteiger partial charge in [0.05, 0.1) is 11.1 Å². The lowest BCUT2D eigenvalue weighted by Gasteiger charge is -2.48. The van der Waals surface area contributed by atoms with Gasteiger partial charge in [-0.15, -0.1) is 0 Å². The topological polar surface area (TPSA) is 106 Å². The summed E-state index contributed by atoms with van der Waals surface area (Å²) >= 11 is 0. The standard InChI is InChI=1S/C21H27N5O2/c22-19(27)16-14-18(24-17-7-3-2-6-15(16)17)25-12-8-21(9-13-25,20(23)28)26-10-4-1-5-11-26/h2-3,6-7,14H,1,4-5,8-13H2,(H2,22,27)(H2,23,28). The smallest absolute Gasteiger partial charge is 0.249 e. The van der Waals surface area contributed by atoms with Gasteiger partial charge in [-0.3, -0.25) is 14.5 Å². The van der Waals surface area contributed by atoms with Crippen LogP contribution in [0, 0.1) is 0 Å². The molecule has 0 saturated carbocycles. The fraction of sp³-hybridized carbons (Fsp3) is 0.476. The number of carbonyl (C=O) groups excluding carboxylic acids is 2. The third-order valence-electron chi connectivity index (χ3n) is 6.30. The van der Waals surface area contributed by atoms with Crippen molar-refractivity contribution in [1.82, 2.24) is 9.88 Å². The Morgan fingerprint density at radius 3 is 2.29 bits per heavy atom. The van der Waals surface area contributed by atoms with Gasteiger partial charge in [0.25, 0.3) is 0 Å². The predicted molar refractivity (Wildman–Crippen MR) is 109 cm³/mol. The maximum absolute atomic E-state index is 12.4. The van der Waals surface area contributed by atoms with E-state index < -0.39 is 11.4 Å². The number of carbonyl (C=O) groups is 2. The number of benzene rings is 1. The Kier molecular flexibility index (Phi) is 4.93. The molecule has 1 aromatic carbocycles. The fourth-order valence-corrected chi connectivity index (χ4v) is 4.67. The molecular weight excluding hydrogens is 354 g/mol. The van der Waals surface area contributed by atoms with Gasteiger partial charge >= 0.3 is 0 Å². The van der Waals surface area contributed by atoms with Gasteiger partial charge in [0.1, 0.15) is 11.4 Å². The number of hydrogen-bond acceptors (Lipinski definition) is 5. The molecule has 0 spiro atoms. The monoisotopic (exact) mass is 381 g/mol. The van der Waals surface area contributed by atoms with Crippen molar-refractivity contribution < 1.29 is 9.59 Å². The van der Waals surface area contributed by atoms with E-state index in [2.05, 4.69) is 9.80 Å². The lowest BCUT2D eigenvalue weighted by Crippen LogP contribution is -2.63. The van der Waals surface area contributed by atoms with E-state index >= 15 is 0 Å². The van der Waals surface area contributed by atoms with Crippen LogP contribution in [-0.2, 0) is 4.79 Å². The van der Waals surface area contributed by atoms with Crippen molar-refractivity contribution in [3.8, 4) is 0 Å². The molecule has 2 amide bonds. The number of hydrogen-bond donors (Lipinski definition) is 2. The Hall–Kier alpha value is -2.67. The zero-order valence-electron chi connectivity index (χ0n) is 16.1. The normalized spacial score (nSPS) is 20.2. The zero-order chi connectivity index (χ0) is 19.7. The minimum atomic E-state index is -0.569. The molecule has 7 nitrogen and oxygen atoms in total. The van der Waals surface area contributed by atoms with E-state index in [4.69, 9.17) is 16.5 Å². The molecule has 148 valence electrons. The first-order valence-electron chi connectivity index (χ1n) is 10.0. The van der Waals surface area contributed by atoms with Crippen molar-refractivity contribution >= 4 is 28.5 Å². The highest BCUT2D eigenvalue weighted by Gasteiger charge is 2.45.